The molecule has 19 heavy (non-hydrogen) atoms. The van der Waals surface area contributed by atoms with Crippen LogP contribution in [0.3, 0.4) is 0 Å². The van der Waals surface area contributed by atoms with Crippen molar-refractivity contribution < 1.29 is 28.3 Å². The van der Waals surface area contributed by atoms with Crippen LogP contribution < -0.4 is 4.74 Å². The molecule has 1 N–H and O–H groups in total. The number of ether oxygens (including phenoxy) is 1. The largest absolute Gasteiger partial charge is 0.481 e. The maximum Gasteiger partial charge on any atom is 0.387 e. The highest BCUT2D eigenvalue weighted by Gasteiger charge is 2.22. The van der Waals surface area contributed by atoms with E-state index in [4.69, 9.17) is 5.11 Å². The highest BCUT2D eigenvalue weighted by atomic mass is 79.9. The molecule has 9 heteroatoms. The number of alkyl halides is 3. The minimum absolute atomic E-state index is 0.160. The van der Waals surface area contributed by atoms with Crippen molar-refractivity contribution in [3.05, 3.63) is 33.4 Å². The Bertz CT molecular complexity index is 509. The SMILES string of the molecule is O=C(O)Cc1cc([N+](=O)[O-])c(OC(F)F)cc1CBr. The summed E-state index contributed by atoms with van der Waals surface area (Å²) >= 11 is 3.05. The third-order valence-corrected chi connectivity index (χ3v) is 2.78. The zero-order valence-electron chi connectivity index (χ0n) is 9.31. The number of nitro groups is 1. The van der Waals surface area contributed by atoms with Gasteiger partial charge in [0.25, 0.3) is 0 Å². The Morgan fingerprint density at radius 2 is 2.11 bits per heavy atom. The number of nitrogens with zero attached hydrogens (tertiary/aromatic N) is 1. The molecule has 0 aliphatic heterocycles. The van der Waals surface area contributed by atoms with Gasteiger partial charge in [-0.1, -0.05) is 15.9 Å². The second kappa shape index (κ2) is 6.41. The van der Waals surface area contributed by atoms with Gasteiger partial charge in [-0.3, -0.25) is 14.9 Å². The van der Waals surface area contributed by atoms with E-state index in [1.165, 1.54) is 0 Å². The highest BCUT2D eigenvalue weighted by Crippen LogP contribution is 2.33. The van der Waals surface area contributed by atoms with Gasteiger partial charge < -0.3 is 9.84 Å². The minimum Gasteiger partial charge on any atom is -0.481 e. The molecule has 0 heterocycles. The van der Waals surface area contributed by atoms with Crippen LogP contribution in [0.4, 0.5) is 14.5 Å². The Hall–Kier alpha value is -1.77. The molecule has 0 spiro atoms. The molecule has 1 aromatic rings. The average molecular weight is 340 g/mol. The molecule has 0 unspecified atom stereocenters. The van der Waals surface area contributed by atoms with E-state index in [1.54, 1.807) is 0 Å². The summed E-state index contributed by atoms with van der Waals surface area (Å²) in [6, 6.07) is 1.97. The number of nitro benzene ring substituents is 1. The first-order valence-electron chi connectivity index (χ1n) is 4.88. The van der Waals surface area contributed by atoms with Gasteiger partial charge in [0.05, 0.1) is 11.3 Å². The zero-order valence-corrected chi connectivity index (χ0v) is 10.9. The van der Waals surface area contributed by atoms with E-state index in [0.29, 0.717) is 5.56 Å². The summed E-state index contributed by atoms with van der Waals surface area (Å²) < 4.78 is 28.4. The Morgan fingerprint density at radius 3 is 2.53 bits per heavy atom. The number of benzene rings is 1. The van der Waals surface area contributed by atoms with Gasteiger partial charge in [0.1, 0.15) is 0 Å². The van der Waals surface area contributed by atoms with Crippen LogP contribution in [0.2, 0.25) is 0 Å². The van der Waals surface area contributed by atoms with E-state index in [9.17, 15) is 23.7 Å². The lowest BCUT2D eigenvalue weighted by Gasteiger charge is -2.10. The number of halogens is 3. The summed E-state index contributed by atoms with van der Waals surface area (Å²) in [7, 11) is 0. The molecule has 6 nitrogen and oxygen atoms in total. The predicted octanol–water partition coefficient (Wildman–Crippen LogP) is 2.72. The topological polar surface area (TPSA) is 89.7 Å². The predicted molar refractivity (Wildman–Crippen MR) is 63.7 cm³/mol. The van der Waals surface area contributed by atoms with Crippen LogP contribution in [-0.4, -0.2) is 22.6 Å². The lowest BCUT2D eigenvalue weighted by molar-refractivity contribution is -0.386. The van der Waals surface area contributed by atoms with Crippen molar-refractivity contribution in [1.29, 1.82) is 0 Å². The van der Waals surface area contributed by atoms with Gasteiger partial charge in [-0.25, -0.2) is 0 Å². The van der Waals surface area contributed by atoms with Crippen molar-refractivity contribution in [3.63, 3.8) is 0 Å². The van der Waals surface area contributed by atoms with E-state index in [1.807, 2.05) is 0 Å². The number of rotatable bonds is 6. The molecule has 0 aromatic heterocycles. The lowest BCUT2D eigenvalue weighted by Crippen LogP contribution is -2.08. The Labute approximate surface area is 114 Å². The van der Waals surface area contributed by atoms with Crippen LogP contribution in [0.25, 0.3) is 0 Å². The van der Waals surface area contributed by atoms with Crippen LogP contribution in [-0.2, 0) is 16.5 Å². The minimum atomic E-state index is -3.20. The fourth-order valence-corrected chi connectivity index (χ4v) is 1.96. The first-order chi connectivity index (χ1) is 8.85. The molecule has 0 aliphatic carbocycles. The highest BCUT2D eigenvalue weighted by molar-refractivity contribution is 9.08. The second-order valence-electron chi connectivity index (χ2n) is 3.43. The number of carboxylic acid groups (broad SMARTS) is 1. The van der Waals surface area contributed by atoms with Gasteiger partial charge in [0.15, 0.2) is 0 Å². The van der Waals surface area contributed by atoms with Crippen LogP contribution in [0.15, 0.2) is 12.1 Å². The van der Waals surface area contributed by atoms with Gasteiger partial charge in [0.2, 0.25) is 5.75 Å². The fourth-order valence-electron chi connectivity index (χ4n) is 1.44. The Morgan fingerprint density at radius 1 is 1.47 bits per heavy atom. The summed E-state index contributed by atoms with van der Waals surface area (Å²) in [5.74, 6) is -1.78. The summed E-state index contributed by atoms with van der Waals surface area (Å²) in [4.78, 5) is 20.5. The summed E-state index contributed by atoms with van der Waals surface area (Å²) in [6.07, 6.45) is -0.448. The van der Waals surface area contributed by atoms with Gasteiger partial charge in [-0.15, -0.1) is 0 Å². The van der Waals surface area contributed by atoms with Crippen LogP contribution in [0, 0.1) is 10.1 Å². The zero-order chi connectivity index (χ0) is 14.6. The van der Waals surface area contributed by atoms with E-state index < -0.39 is 35.4 Å². The molecular weight excluding hydrogens is 332 g/mol. The standard InChI is InChI=1S/C10H8BrF2NO5/c11-4-6-2-8(19-10(12)13)7(14(17)18)1-5(6)3-9(15)16/h1-2,10H,3-4H2,(H,15,16). The second-order valence-corrected chi connectivity index (χ2v) is 3.99. The molecule has 0 aliphatic rings. The maximum atomic E-state index is 12.2. The number of carbonyl (C=O) groups is 1. The average Bonchev–Trinajstić information content (AvgIpc) is 2.28. The van der Waals surface area contributed by atoms with Crippen molar-refractivity contribution in [3.8, 4) is 5.75 Å². The van der Waals surface area contributed by atoms with Crippen molar-refractivity contribution in [2.24, 2.45) is 0 Å². The monoisotopic (exact) mass is 339 g/mol. The van der Waals surface area contributed by atoms with E-state index in [-0.39, 0.29) is 10.9 Å². The van der Waals surface area contributed by atoms with Gasteiger partial charge in [-0.2, -0.15) is 8.78 Å². The Kier molecular flexibility index (Phi) is 5.16. The van der Waals surface area contributed by atoms with Crippen molar-refractivity contribution in [1.82, 2.24) is 0 Å². The fraction of sp³-hybridized carbons (Fsp3) is 0.300. The van der Waals surface area contributed by atoms with Crippen LogP contribution in [0.5, 0.6) is 5.75 Å². The molecule has 0 saturated carbocycles. The molecule has 0 saturated heterocycles. The number of carboxylic acids is 1. The molecule has 1 rings (SSSR count). The van der Waals surface area contributed by atoms with E-state index in [2.05, 4.69) is 20.7 Å². The Balaban J connectivity index is 3.32. The van der Waals surface area contributed by atoms with Crippen LogP contribution in [0.1, 0.15) is 11.1 Å². The van der Waals surface area contributed by atoms with Gasteiger partial charge in [-0.05, 0) is 17.2 Å². The van der Waals surface area contributed by atoms with Crippen molar-refractivity contribution in [2.45, 2.75) is 18.4 Å². The van der Waals surface area contributed by atoms with Crippen molar-refractivity contribution >= 4 is 27.6 Å². The third kappa shape index (κ3) is 4.12. The lowest BCUT2D eigenvalue weighted by atomic mass is 10.0. The molecule has 0 atom stereocenters. The van der Waals surface area contributed by atoms with Crippen molar-refractivity contribution in [2.75, 3.05) is 0 Å². The third-order valence-electron chi connectivity index (χ3n) is 2.18. The number of aliphatic carboxylic acids is 1. The number of hydrogen-bond donors (Lipinski definition) is 1. The first kappa shape index (κ1) is 15.3. The molecule has 0 bridgehead atoms. The molecule has 104 valence electrons. The van der Waals surface area contributed by atoms with Crippen LogP contribution >= 0.6 is 15.9 Å². The van der Waals surface area contributed by atoms with Gasteiger partial charge in [0, 0.05) is 11.4 Å². The maximum absolute atomic E-state index is 12.2. The van der Waals surface area contributed by atoms with E-state index >= 15 is 0 Å². The van der Waals surface area contributed by atoms with E-state index in [0.717, 1.165) is 12.1 Å². The summed E-state index contributed by atoms with van der Waals surface area (Å²) in [6.45, 7) is -3.20. The molecule has 1 aromatic carbocycles. The smallest absolute Gasteiger partial charge is 0.387 e. The quantitative estimate of drug-likeness (QED) is 0.489. The first-order valence-corrected chi connectivity index (χ1v) is 6.00. The summed E-state index contributed by atoms with van der Waals surface area (Å²) in [5.41, 5.74) is -0.192. The summed E-state index contributed by atoms with van der Waals surface area (Å²) in [5, 5.41) is 19.6. The molecule has 0 amide bonds. The normalized spacial score (nSPS) is 10.5. The molecular formula is C10H8BrF2NO5. The number of hydrogen-bond acceptors (Lipinski definition) is 4. The molecule has 0 radical (unpaired) electrons. The van der Waals surface area contributed by atoms with Gasteiger partial charge >= 0.3 is 18.3 Å². The molecule has 0 fully saturated rings.